The molecule has 2 aromatic carbocycles. The molecule has 2 aromatic rings. The van der Waals surface area contributed by atoms with Crippen LogP contribution in [0.15, 0.2) is 42.0 Å². The molecule has 0 saturated heterocycles. The topological polar surface area (TPSA) is 17.1 Å². The van der Waals surface area contributed by atoms with Crippen molar-refractivity contribution in [2.75, 3.05) is 0 Å². The van der Waals surface area contributed by atoms with E-state index >= 15 is 0 Å². The zero-order chi connectivity index (χ0) is 14.1. The second-order valence-electron chi connectivity index (χ2n) is 6.13. The molecule has 102 valence electrons. The Morgan fingerprint density at radius 1 is 1.20 bits per heavy atom. The number of fused-ring (bicyclic) bond motifs is 2. The maximum atomic E-state index is 11.0. The molecule has 1 heteroatoms. The Morgan fingerprint density at radius 2 is 2.05 bits per heavy atom. The monoisotopic (exact) mass is 264 g/mol. The van der Waals surface area contributed by atoms with Crippen LogP contribution in [0, 0.1) is 5.92 Å². The fourth-order valence-electron chi connectivity index (χ4n) is 3.08. The molecule has 20 heavy (non-hydrogen) atoms. The van der Waals surface area contributed by atoms with Crippen molar-refractivity contribution < 1.29 is 4.79 Å². The molecule has 0 N–H and O–H groups in total. The normalized spacial score (nSPS) is 14.2. The molecule has 1 nitrogen and oxygen atoms in total. The fraction of sp³-hybridized carbons (Fsp3) is 0.316. The third-order valence-electron chi connectivity index (χ3n) is 4.05. The lowest BCUT2D eigenvalue weighted by Gasteiger charge is -2.17. The zero-order valence-electron chi connectivity index (χ0n) is 12.1. The van der Waals surface area contributed by atoms with Crippen LogP contribution in [-0.4, -0.2) is 6.29 Å². The van der Waals surface area contributed by atoms with E-state index in [2.05, 4.69) is 50.3 Å². The number of aldehydes is 1. The lowest BCUT2D eigenvalue weighted by Crippen LogP contribution is -2.05. The molecule has 0 atom stereocenters. The van der Waals surface area contributed by atoms with Crippen molar-refractivity contribution in [2.24, 2.45) is 5.92 Å². The first-order valence-corrected chi connectivity index (χ1v) is 7.35. The predicted molar refractivity (Wildman–Crippen MR) is 84.0 cm³/mol. The molecule has 0 fully saturated rings. The number of carbonyl (C=O) groups excluding carboxylic acids is 1. The minimum Gasteiger partial charge on any atom is -0.298 e. The average Bonchev–Trinajstić information content (AvgIpc) is 2.44. The van der Waals surface area contributed by atoms with E-state index in [0.717, 1.165) is 31.1 Å². The van der Waals surface area contributed by atoms with Gasteiger partial charge in [-0.1, -0.05) is 50.3 Å². The van der Waals surface area contributed by atoms with Crippen molar-refractivity contribution in [2.45, 2.75) is 33.1 Å². The summed E-state index contributed by atoms with van der Waals surface area (Å²) in [5, 5.41) is 2.68. The summed E-state index contributed by atoms with van der Waals surface area (Å²) in [5.74, 6) is 0.655. The SMILES string of the molecule is CC(C)Cc1cccc2cc3c(cc12)CC(C=O)=CC3. The highest BCUT2D eigenvalue weighted by Crippen LogP contribution is 2.29. The van der Waals surface area contributed by atoms with Crippen LogP contribution in [0.4, 0.5) is 0 Å². The van der Waals surface area contributed by atoms with E-state index in [1.54, 1.807) is 0 Å². The van der Waals surface area contributed by atoms with Gasteiger partial charge < -0.3 is 0 Å². The number of hydrogen-bond donors (Lipinski definition) is 0. The van der Waals surface area contributed by atoms with Crippen molar-refractivity contribution >= 4 is 17.1 Å². The van der Waals surface area contributed by atoms with Crippen molar-refractivity contribution in [1.29, 1.82) is 0 Å². The third kappa shape index (κ3) is 2.40. The molecule has 0 unspecified atom stereocenters. The summed E-state index contributed by atoms with van der Waals surface area (Å²) >= 11 is 0. The van der Waals surface area contributed by atoms with Crippen LogP contribution in [0.2, 0.25) is 0 Å². The highest BCUT2D eigenvalue weighted by atomic mass is 16.1. The maximum Gasteiger partial charge on any atom is 0.146 e. The predicted octanol–water partition coefficient (Wildman–Crippen LogP) is 4.26. The number of rotatable bonds is 3. The van der Waals surface area contributed by atoms with E-state index in [0.29, 0.717) is 5.92 Å². The van der Waals surface area contributed by atoms with E-state index < -0.39 is 0 Å². The summed E-state index contributed by atoms with van der Waals surface area (Å²) in [6.07, 6.45) is 5.82. The molecule has 1 aliphatic rings. The van der Waals surface area contributed by atoms with Crippen molar-refractivity contribution in [3.05, 3.63) is 58.7 Å². The van der Waals surface area contributed by atoms with Crippen LogP contribution in [0.25, 0.3) is 10.8 Å². The van der Waals surface area contributed by atoms with E-state index in [1.165, 1.54) is 27.5 Å². The molecule has 1 aliphatic carbocycles. The van der Waals surface area contributed by atoms with E-state index in [1.807, 2.05) is 0 Å². The van der Waals surface area contributed by atoms with Crippen LogP contribution in [0.3, 0.4) is 0 Å². The van der Waals surface area contributed by atoms with E-state index in [4.69, 9.17) is 0 Å². The van der Waals surface area contributed by atoms with Gasteiger partial charge in [-0.2, -0.15) is 0 Å². The zero-order valence-corrected chi connectivity index (χ0v) is 12.1. The quantitative estimate of drug-likeness (QED) is 0.757. The van der Waals surface area contributed by atoms with Gasteiger partial charge in [0.25, 0.3) is 0 Å². The first-order valence-electron chi connectivity index (χ1n) is 7.35. The minimum absolute atomic E-state index is 0.655. The van der Waals surface area contributed by atoms with Crippen LogP contribution in [-0.2, 0) is 24.1 Å². The van der Waals surface area contributed by atoms with Gasteiger partial charge in [-0.3, -0.25) is 4.79 Å². The van der Waals surface area contributed by atoms with Gasteiger partial charge in [0.15, 0.2) is 0 Å². The van der Waals surface area contributed by atoms with Gasteiger partial charge in [-0.05, 0) is 51.8 Å². The van der Waals surface area contributed by atoms with Crippen molar-refractivity contribution in [1.82, 2.24) is 0 Å². The summed E-state index contributed by atoms with van der Waals surface area (Å²) in [5.41, 5.74) is 5.02. The summed E-state index contributed by atoms with van der Waals surface area (Å²) in [6.45, 7) is 4.51. The first kappa shape index (κ1) is 13.1. The summed E-state index contributed by atoms with van der Waals surface area (Å²) in [4.78, 5) is 11.0. The summed E-state index contributed by atoms with van der Waals surface area (Å²) in [7, 11) is 0. The second-order valence-corrected chi connectivity index (χ2v) is 6.13. The average molecular weight is 264 g/mol. The maximum absolute atomic E-state index is 11.0. The van der Waals surface area contributed by atoms with Gasteiger partial charge in [-0.25, -0.2) is 0 Å². The number of carbonyl (C=O) groups is 1. The van der Waals surface area contributed by atoms with Crippen molar-refractivity contribution in [3.63, 3.8) is 0 Å². The first-order chi connectivity index (χ1) is 9.67. The molecule has 0 heterocycles. The van der Waals surface area contributed by atoms with Crippen LogP contribution < -0.4 is 0 Å². The Bertz CT molecular complexity index is 692. The Labute approximate surface area is 120 Å². The van der Waals surface area contributed by atoms with E-state index in [9.17, 15) is 4.79 Å². The largest absolute Gasteiger partial charge is 0.298 e. The van der Waals surface area contributed by atoms with Gasteiger partial charge in [-0.15, -0.1) is 0 Å². The Morgan fingerprint density at radius 3 is 2.80 bits per heavy atom. The molecule has 0 amide bonds. The molecule has 0 spiro atoms. The molecule has 0 aliphatic heterocycles. The number of allylic oxidation sites excluding steroid dienone is 2. The lowest BCUT2D eigenvalue weighted by molar-refractivity contribution is -0.105. The van der Waals surface area contributed by atoms with Crippen LogP contribution in [0.5, 0.6) is 0 Å². The highest BCUT2D eigenvalue weighted by Gasteiger charge is 2.13. The van der Waals surface area contributed by atoms with Gasteiger partial charge in [0.05, 0.1) is 0 Å². The highest BCUT2D eigenvalue weighted by molar-refractivity contribution is 5.88. The minimum atomic E-state index is 0.655. The Balaban J connectivity index is 2.11. The molecular formula is C19H20O. The summed E-state index contributed by atoms with van der Waals surface area (Å²) < 4.78 is 0. The smallest absolute Gasteiger partial charge is 0.146 e. The standard InChI is InChI=1S/C19H20O/c1-13(2)8-16-4-3-5-17-10-15-7-6-14(12-20)9-18(15)11-19(16)17/h3-6,10-13H,7-9H2,1-2H3. The van der Waals surface area contributed by atoms with Crippen LogP contribution >= 0.6 is 0 Å². The summed E-state index contributed by atoms with van der Waals surface area (Å²) in [6, 6.07) is 11.2. The van der Waals surface area contributed by atoms with Crippen LogP contribution in [0.1, 0.15) is 30.5 Å². The Kier molecular flexibility index (Phi) is 3.43. The molecule has 0 bridgehead atoms. The molecule has 0 aromatic heterocycles. The van der Waals surface area contributed by atoms with Gasteiger partial charge in [0, 0.05) is 6.42 Å². The fourth-order valence-corrected chi connectivity index (χ4v) is 3.08. The van der Waals surface area contributed by atoms with Gasteiger partial charge >= 0.3 is 0 Å². The van der Waals surface area contributed by atoms with Crippen molar-refractivity contribution in [3.8, 4) is 0 Å². The van der Waals surface area contributed by atoms with E-state index in [-0.39, 0.29) is 0 Å². The lowest BCUT2D eigenvalue weighted by atomic mass is 9.87. The second kappa shape index (κ2) is 5.24. The Hall–Kier alpha value is -1.89. The number of hydrogen-bond acceptors (Lipinski definition) is 1. The molecule has 0 saturated carbocycles. The molecular weight excluding hydrogens is 244 g/mol. The van der Waals surface area contributed by atoms with Gasteiger partial charge in [0.1, 0.15) is 6.29 Å². The van der Waals surface area contributed by atoms with Gasteiger partial charge in [0.2, 0.25) is 0 Å². The molecule has 0 radical (unpaired) electrons. The number of benzene rings is 2. The molecule has 3 rings (SSSR count). The third-order valence-corrected chi connectivity index (χ3v) is 4.05.